The minimum Gasteiger partial charge on any atom is -0.466 e. The second-order valence-electron chi connectivity index (χ2n) is 7.36. The van der Waals surface area contributed by atoms with E-state index in [-0.39, 0.29) is 5.97 Å². The highest BCUT2D eigenvalue weighted by molar-refractivity contribution is 6.30. The molecule has 1 aromatic heterocycles. The van der Waals surface area contributed by atoms with E-state index < -0.39 is 0 Å². The molecule has 2 aliphatic heterocycles. The third-order valence-corrected chi connectivity index (χ3v) is 6.32. The lowest BCUT2D eigenvalue weighted by atomic mass is 9.60. The van der Waals surface area contributed by atoms with Crippen molar-refractivity contribution >= 4 is 23.4 Å². The Bertz CT molecular complexity index is 746. The largest absolute Gasteiger partial charge is 0.466 e. The van der Waals surface area contributed by atoms with Gasteiger partial charge >= 0.3 is 5.97 Å². The molecule has 3 heterocycles. The second-order valence-corrected chi connectivity index (χ2v) is 7.72. The number of nitrogens with zero attached hydrogens (tertiary/aromatic N) is 3. The van der Waals surface area contributed by atoms with Gasteiger partial charge in [-0.15, -0.1) is 0 Å². The summed E-state index contributed by atoms with van der Waals surface area (Å²) in [7, 11) is 0. The van der Waals surface area contributed by atoms with Crippen LogP contribution in [0.1, 0.15) is 42.9 Å². The molecule has 2 atom stereocenters. The van der Waals surface area contributed by atoms with Crippen molar-refractivity contribution in [3.05, 3.63) is 21.8 Å². The number of esters is 1. The first kappa shape index (κ1) is 16.7. The lowest BCUT2D eigenvalue weighted by molar-refractivity contribution is -0.147. The standard InChI is InChI=1S/C19H22ClN3O2/c1-2-25-17(24)7-15-11-6-12(15)10-23(9-11)19-14-5-3-4-13(14)16(8-21)18(20)22-19/h11-12,15H,2-7,9-10H2,1H3. The molecular formula is C19H22ClN3O2. The number of hydrogen-bond acceptors (Lipinski definition) is 5. The molecule has 5 nitrogen and oxygen atoms in total. The van der Waals surface area contributed by atoms with Crippen LogP contribution in [-0.2, 0) is 22.4 Å². The number of ether oxygens (including phenoxy) is 1. The molecule has 0 spiro atoms. The number of rotatable bonds is 4. The van der Waals surface area contributed by atoms with Crippen LogP contribution in [0.4, 0.5) is 5.82 Å². The Morgan fingerprint density at radius 3 is 2.76 bits per heavy atom. The topological polar surface area (TPSA) is 66.2 Å². The van der Waals surface area contributed by atoms with Gasteiger partial charge in [-0.05, 0) is 61.5 Å². The molecular weight excluding hydrogens is 338 g/mol. The Hall–Kier alpha value is -1.80. The van der Waals surface area contributed by atoms with Crippen molar-refractivity contribution in [2.45, 2.75) is 39.0 Å². The number of anilines is 1. The minimum atomic E-state index is -0.0731. The van der Waals surface area contributed by atoms with Crippen molar-refractivity contribution in [1.82, 2.24) is 4.98 Å². The molecule has 1 saturated carbocycles. The zero-order chi connectivity index (χ0) is 17.6. The molecule has 0 radical (unpaired) electrons. The zero-order valence-corrected chi connectivity index (χ0v) is 15.2. The number of carbonyl (C=O) groups is 1. The smallest absolute Gasteiger partial charge is 0.306 e. The molecule has 0 N–H and O–H groups in total. The third kappa shape index (κ3) is 2.77. The molecule has 4 aliphatic rings. The molecule has 2 bridgehead atoms. The normalized spacial score (nSPS) is 26.6. The SMILES string of the molecule is CCOC(=O)CC1C2CC1CN(c1nc(Cl)c(C#N)c3c1CCC3)C2. The molecule has 0 aromatic carbocycles. The minimum absolute atomic E-state index is 0.0731. The van der Waals surface area contributed by atoms with Crippen molar-refractivity contribution < 1.29 is 9.53 Å². The van der Waals surface area contributed by atoms with E-state index in [0.717, 1.165) is 43.7 Å². The van der Waals surface area contributed by atoms with E-state index in [0.29, 0.717) is 41.5 Å². The van der Waals surface area contributed by atoms with Crippen LogP contribution in [0.5, 0.6) is 0 Å². The average Bonchev–Trinajstić information content (AvgIpc) is 3.08. The number of fused-ring (bicyclic) bond motifs is 3. The van der Waals surface area contributed by atoms with E-state index in [4.69, 9.17) is 16.3 Å². The first-order valence-electron chi connectivity index (χ1n) is 9.14. The van der Waals surface area contributed by atoms with Gasteiger partial charge in [0.2, 0.25) is 0 Å². The Kier molecular flexibility index (Phi) is 4.33. The summed E-state index contributed by atoms with van der Waals surface area (Å²) in [5.41, 5.74) is 2.87. The highest BCUT2D eigenvalue weighted by Gasteiger charge is 2.48. The number of carbonyl (C=O) groups excluding carboxylic acids is 1. The first-order valence-corrected chi connectivity index (χ1v) is 9.52. The van der Waals surface area contributed by atoms with Gasteiger partial charge in [0.1, 0.15) is 17.0 Å². The van der Waals surface area contributed by atoms with Gasteiger partial charge in [0.25, 0.3) is 0 Å². The second kappa shape index (κ2) is 6.49. The molecule has 3 fully saturated rings. The van der Waals surface area contributed by atoms with Crippen LogP contribution >= 0.6 is 11.6 Å². The number of halogens is 1. The number of piperidine rings is 2. The molecule has 6 heteroatoms. The monoisotopic (exact) mass is 359 g/mol. The highest BCUT2D eigenvalue weighted by atomic mass is 35.5. The fraction of sp³-hybridized carbons (Fsp3) is 0.632. The fourth-order valence-electron chi connectivity index (χ4n) is 4.89. The van der Waals surface area contributed by atoms with Crippen molar-refractivity contribution in [3.8, 4) is 6.07 Å². The van der Waals surface area contributed by atoms with Gasteiger partial charge in [0.05, 0.1) is 12.2 Å². The van der Waals surface area contributed by atoms with Crippen molar-refractivity contribution in [2.75, 3.05) is 24.6 Å². The van der Waals surface area contributed by atoms with Gasteiger partial charge in [-0.3, -0.25) is 4.79 Å². The summed E-state index contributed by atoms with van der Waals surface area (Å²) in [6.45, 7) is 4.14. The van der Waals surface area contributed by atoms with Crippen LogP contribution in [0.3, 0.4) is 0 Å². The van der Waals surface area contributed by atoms with Gasteiger partial charge in [0.15, 0.2) is 0 Å². The van der Waals surface area contributed by atoms with Gasteiger partial charge in [-0.25, -0.2) is 4.98 Å². The lowest BCUT2D eigenvalue weighted by Crippen LogP contribution is -2.56. The molecule has 1 aromatic rings. The average molecular weight is 360 g/mol. The van der Waals surface area contributed by atoms with E-state index in [1.807, 2.05) is 6.92 Å². The predicted octanol–water partition coefficient (Wildman–Crippen LogP) is 3.12. The van der Waals surface area contributed by atoms with Crippen LogP contribution in [0.15, 0.2) is 0 Å². The van der Waals surface area contributed by atoms with E-state index in [1.165, 1.54) is 12.0 Å². The Labute approximate surface area is 152 Å². The van der Waals surface area contributed by atoms with Crippen LogP contribution < -0.4 is 4.90 Å². The number of aromatic nitrogens is 1. The zero-order valence-electron chi connectivity index (χ0n) is 14.4. The first-order chi connectivity index (χ1) is 12.1. The molecule has 2 saturated heterocycles. The Balaban J connectivity index is 1.53. The fourth-order valence-corrected chi connectivity index (χ4v) is 5.13. The maximum absolute atomic E-state index is 11.8. The summed E-state index contributed by atoms with van der Waals surface area (Å²) >= 11 is 6.29. The van der Waals surface area contributed by atoms with Gasteiger partial charge < -0.3 is 9.64 Å². The van der Waals surface area contributed by atoms with Crippen molar-refractivity contribution in [2.24, 2.45) is 17.8 Å². The van der Waals surface area contributed by atoms with Crippen LogP contribution in [-0.4, -0.2) is 30.6 Å². The van der Waals surface area contributed by atoms with Crippen LogP contribution in [0.25, 0.3) is 0 Å². The summed E-state index contributed by atoms with van der Waals surface area (Å²) in [5, 5.41) is 9.70. The van der Waals surface area contributed by atoms with Gasteiger partial charge in [0, 0.05) is 19.5 Å². The molecule has 25 heavy (non-hydrogen) atoms. The van der Waals surface area contributed by atoms with Crippen LogP contribution in [0.2, 0.25) is 5.15 Å². The molecule has 2 aliphatic carbocycles. The summed E-state index contributed by atoms with van der Waals surface area (Å²) in [5.74, 6) is 2.39. The Morgan fingerprint density at radius 1 is 1.36 bits per heavy atom. The maximum atomic E-state index is 11.8. The molecule has 2 unspecified atom stereocenters. The summed E-state index contributed by atoms with van der Waals surface area (Å²) in [6.07, 6.45) is 4.68. The number of pyridine rings is 1. The highest BCUT2D eigenvalue weighted by Crippen LogP contribution is 2.49. The summed E-state index contributed by atoms with van der Waals surface area (Å²) in [4.78, 5) is 18.7. The van der Waals surface area contributed by atoms with Gasteiger partial charge in [-0.2, -0.15) is 5.26 Å². The Morgan fingerprint density at radius 2 is 2.08 bits per heavy atom. The lowest BCUT2D eigenvalue weighted by Gasteiger charge is -2.54. The number of hydrogen-bond donors (Lipinski definition) is 0. The maximum Gasteiger partial charge on any atom is 0.306 e. The molecule has 5 rings (SSSR count). The summed E-state index contributed by atoms with van der Waals surface area (Å²) in [6, 6.07) is 2.22. The predicted molar refractivity (Wildman–Crippen MR) is 94.5 cm³/mol. The van der Waals surface area contributed by atoms with Crippen molar-refractivity contribution in [3.63, 3.8) is 0 Å². The number of nitriles is 1. The van der Waals surface area contributed by atoms with Crippen LogP contribution in [0, 0.1) is 29.1 Å². The quantitative estimate of drug-likeness (QED) is 0.610. The summed E-state index contributed by atoms with van der Waals surface area (Å²) < 4.78 is 5.11. The third-order valence-electron chi connectivity index (χ3n) is 6.05. The van der Waals surface area contributed by atoms with E-state index in [9.17, 15) is 10.1 Å². The van der Waals surface area contributed by atoms with E-state index >= 15 is 0 Å². The van der Waals surface area contributed by atoms with Gasteiger partial charge in [-0.1, -0.05) is 11.6 Å². The van der Waals surface area contributed by atoms with E-state index in [2.05, 4.69) is 16.0 Å². The molecule has 132 valence electrons. The van der Waals surface area contributed by atoms with E-state index in [1.54, 1.807) is 0 Å². The molecule has 0 amide bonds. The van der Waals surface area contributed by atoms with Crippen molar-refractivity contribution in [1.29, 1.82) is 5.26 Å².